The number of benzene rings is 1. The van der Waals surface area contributed by atoms with E-state index in [2.05, 4.69) is 11.0 Å². The number of hydrogen-bond acceptors (Lipinski definition) is 3. The van der Waals surface area contributed by atoms with Crippen LogP contribution < -0.4 is 0 Å². The third kappa shape index (κ3) is 2.88. The van der Waals surface area contributed by atoms with Crippen LogP contribution in [0.5, 0.6) is 0 Å². The number of nitriles is 1. The molecule has 0 saturated heterocycles. The Morgan fingerprint density at radius 2 is 2.11 bits per heavy atom. The highest BCUT2D eigenvalue weighted by molar-refractivity contribution is 5.87. The SMILES string of the molecule is N#CCCCCN1Cc2ccc(C(=O)O)cc2C1. The molecule has 0 unspecified atom stereocenters. The second kappa shape index (κ2) is 5.65. The smallest absolute Gasteiger partial charge is 0.335 e. The van der Waals surface area contributed by atoms with Gasteiger partial charge in [0.05, 0.1) is 11.6 Å². The fraction of sp³-hybridized carbons (Fsp3) is 0.429. The highest BCUT2D eigenvalue weighted by Gasteiger charge is 2.19. The summed E-state index contributed by atoms with van der Waals surface area (Å²) >= 11 is 0. The molecule has 0 saturated carbocycles. The highest BCUT2D eigenvalue weighted by atomic mass is 16.4. The Labute approximate surface area is 106 Å². The van der Waals surface area contributed by atoms with Gasteiger partial charge in [-0.1, -0.05) is 6.07 Å². The average molecular weight is 244 g/mol. The first-order valence-corrected chi connectivity index (χ1v) is 6.15. The maximum Gasteiger partial charge on any atom is 0.335 e. The molecule has 18 heavy (non-hydrogen) atoms. The van der Waals surface area contributed by atoms with Crippen molar-refractivity contribution >= 4 is 5.97 Å². The minimum absolute atomic E-state index is 0.361. The number of nitrogens with zero attached hydrogens (tertiary/aromatic N) is 2. The first kappa shape index (κ1) is 12.6. The van der Waals surface area contributed by atoms with E-state index < -0.39 is 5.97 Å². The van der Waals surface area contributed by atoms with Crippen LogP contribution in [-0.2, 0) is 13.1 Å². The van der Waals surface area contributed by atoms with Gasteiger partial charge in [-0.25, -0.2) is 4.79 Å². The van der Waals surface area contributed by atoms with Gasteiger partial charge in [-0.2, -0.15) is 5.26 Å². The lowest BCUT2D eigenvalue weighted by Crippen LogP contribution is -2.17. The third-order valence-electron chi connectivity index (χ3n) is 3.25. The van der Waals surface area contributed by atoms with E-state index in [0.29, 0.717) is 12.0 Å². The summed E-state index contributed by atoms with van der Waals surface area (Å²) in [4.78, 5) is 13.2. The van der Waals surface area contributed by atoms with Crippen LogP contribution in [0, 0.1) is 11.3 Å². The van der Waals surface area contributed by atoms with Crippen LogP contribution in [0.2, 0.25) is 0 Å². The fourth-order valence-electron chi connectivity index (χ4n) is 2.30. The van der Waals surface area contributed by atoms with Crippen molar-refractivity contribution in [1.82, 2.24) is 4.90 Å². The normalized spacial score (nSPS) is 14.2. The zero-order chi connectivity index (χ0) is 13.0. The molecule has 1 N–H and O–H groups in total. The zero-order valence-electron chi connectivity index (χ0n) is 10.2. The van der Waals surface area contributed by atoms with Crippen molar-refractivity contribution < 1.29 is 9.90 Å². The summed E-state index contributed by atoms with van der Waals surface area (Å²) in [7, 11) is 0. The topological polar surface area (TPSA) is 64.3 Å². The molecule has 0 radical (unpaired) electrons. The molecule has 0 bridgehead atoms. The second-order valence-corrected chi connectivity index (χ2v) is 4.61. The maximum absolute atomic E-state index is 10.9. The molecule has 1 aliphatic rings. The van der Waals surface area contributed by atoms with Gasteiger partial charge in [-0.05, 0) is 42.6 Å². The van der Waals surface area contributed by atoms with Gasteiger partial charge in [0.2, 0.25) is 0 Å². The van der Waals surface area contributed by atoms with Gasteiger partial charge in [-0.3, -0.25) is 4.90 Å². The predicted octanol–water partition coefficient (Wildman–Crippen LogP) is 2.39. The summed E-state index contributed by atoms with van der Waals surface area (Å²) in [5.74, 6) is -0.870. The molecule has 0 fully saturated rings. The van der Waals surface area contributed by atoms with E-state index in [4.69, 9.17) is 10.4 Å². The van der Waals surface area contributed by atoms with Gasteiger partial charge in [0.25, 0.3) is 0 Å². The van der Waals surface area contributed by atoms with Gasteiger partial charge in [0.1, 0.15) is 0 Å². The number of carboxylic acid groups (broad SMARTS) is 1. The summed E-state index contributed by atoms with van der Waals surface area (Å²) in [5, 5.41) is 17.4. The van der Waals surface area contributed by atoms with Crippen molar-refractivity contribution in [3.8, 4) is 6.07 Å². The summed E-state index contributed by atoms with van der Waals surface area (Å²) in [6.45, 7) is 2.68. The third-order valence-corrected chi connectivity index (χ3v) is 3.25. The number of carbonyl (C=O) groups is 1. The molecule has 1 aromatic rings. The molecule has 4 heteroatoms. The van der Waals surface area contributed by atoms with Crippen molar-refractivity contribution in [3.63, 3.8) is 0 Å². The van der Waals surface area contributed by atoms with Crippen LogP contribution in [0.15, 0.2) is 18.2 Å². The second-order valence-electron chi connectivity index (χ2n) is 4.61. The molecular weight excluding hydrogens is 228 g/mol. The van der Waals surface area contributed by atoms with Crippen LogP contribution in [0.1, 0.15) is 40.7 Å². The first-order valence-electron chi connectivity index (χ1n) is 6.15. The van der Waals surface area contributed by atoms with Crippen LogP contribution >= 0.6 is 0 Å². The van der Waals surface area contributed by atoms with Crippen molar-refractivity contribution in [3.05, 3.63) is 34.9 Å². The molecule has 0 aliphatic carbocycles. The molecule has 0 amide bonds. The van der Waals surface area contributed by atoms with Gasteiger partial charge in [-0.15, -0.1) is 0 Å². The van der Waals surface area contributed by atoms with Crippen LogP contribution in [-0.4, -0.2) is 22.5 Å². The summed E-state index contributed by atoms with van der Waals surface area (Å²) in [5.41, 5.74) is 2.70. The lowest BCUT2D eigenvalue weighted by atomic mass is 10.1. The Morgan fingerprint density at radius 1 is 1.33 bits per heavy atom. The van der Waals surface area contributed by atoms with E-state index in [1.54, 1.807) is 12.1 Å². The van der Waals surface area contributed by atoms with Crippen LogP contribution in [0.25, 0.3) is 0 Å². The molecular formula is C14H16N2O2. The van der Waals surface area contributed by atoms with Crippen molar-refractivity contribution in [2.45, 2.75) is 32.4 Å². The molecule has 1 aromatic carbocycles. The molecule has 4 nitrogen and oxygen atoms in total. The zero-order valence-corrected chi connectivity index (χ0v) is 10.2. The summed E-state index contributed by atoms with van der Waals surface area (Å²) in [6.07, 6.45) is 2.57. The number of hydrogen-bond donors (Lipinski definition) is 1. The maximum atomic E-state index is 10.9. The molecule has 0 atom stereocenters. The highest BCUT2D eigenvalue weighted by Crippen LogP contribution is 2.24. The Bertz CT molecular complexity index is 491. The minimum Gasteiger partial charge on any atom is -0.478 e. The first-order chi connectivity index (χ1) is 8.70. The Kier molecular flexibility index (Phi) is 3.96. The minimum atomic E-state index is -0.870. The lowest BCUT2D eigenvalue weighted by Gasteiger charge is -2.13. The van der Waals surface area contributed by atoms with E-state index in [-0.39, 0.29) is 0 Å². The molecule has 1 heterocycles. The Morgan fingerprint density at radius 3 is 2.83 bits per heavy atom. The van der Waals surface area contributed by atoms with E-state index in [9.17, 15) is 4.79 Å². The van der Waals surface area contributed by atoms with Crippen LogP contribution in [0.3, 0.4) is 0 Å². The van der Waals surface area contributed by atoms with E-state index in [1.165, 1.54) is 5.56 Å². The number of rotatable bonds is 5. The standard InChI is InChI=1S/C14H16N2O2/c15-6-2-1-3-7-16-9-12-5-4-11(14(17)18)8-13(12)10-16/h4-5,8H,1-3,7,9-10H2,(H,17,18). The number of unbranched alkanes of at least 4 members (excludes halogenated alkanes) is 2. The number of carboxylic acids is 1. The Balaban J connectivity index is 1.92. The van der Waals surface area contributed by atoms with E-state index in [1.807, 2.05) is 6.07 Å². The van der Waals surface area contributed by atoms with Gasteiger partial charge in [0.15, 0.2) is 0 Å². The van der Waals surface area contributed by atoms with Crippen molar-refractivity contribution in [1.29, 1.82) is 5.26 Å². The molecule has 2 rings (SSSR count). The van der Waals surface area contributed by atoms with Gasteiger partial charge >= 0.3 is 5.97 Å². The van der Waals surface area contributed by atoms with Gasteiger partial charge in [0, 0.05) is 19.5 Å². The largest absolute Gasteiger partial charge is 0.478 e. The number of fused-ring (bicyclic) bond motifs is 1. The monoisotopic (exact) mass is 244 g/mol. The predicted molar refractivity (Wildman–Crippen MR) is 67.0 cm³/mol. The summed E-state index contributed by atoms with van der Waals surface area (Å²) in [6, 6.07) is 7.49. The fourth-order valence-corrected chi connectivity index (χ4v) is 2.30. The van der Waals surface area contributed by atoms with E-state index in [0.717, 1.165) is 38.0 Å². The lowest BCUT2D eigenvalue weighted by molar-refractivity contribution is 0.0696. The number of aromatic carboxylic acids is 1. The molecule has 94 valence electrons. The van der Waals surface area contributed by atoms with Crippen LogP contribution in [0.4, 0.5) is 0 Å². The summed E-state index contributed by atoms with van der Waals surface area (Å²) < 4.78 is 0. The molecule has 1 aliphatic heterocycles. The van der Waals surface area contributed by atoms with Crippen molar-refractivity contribution in [2.24, 2.45) is 0 Å². The van der Waals surface area contributed by atoms with E-state index >= 15 is 0 Å². The van der Waals surface area contributed by atoms with Crippen molar-refractivity contribution in [2.75, 3.05) is 6.54 Å². The molecule has 0 spiro atoms. The quantitative estimate of drug-likeness (QED) is 0.808. The van der Waals surface area contributed by atoms with Gasteiger partial charge < -0.3 is 5.11 Å². The Hall–Kier alpha value is -1.86. The molecule has 0 aromatic heterocycles. The average Bonchev–Trinajstić information content (AvgIpc) is 2.76.